The van der Waals surface area contributed by atoms with Crippen molar-refractivity contribution in [3.63, 3.8) is 0 Å². The van der Waals surface area contributed by atoms with Gasteiger partial charge in [0.15, 0.2) is 0 Å². The van der Waals surface area contributed by atoms with Gasteiger partial charge in [0, 0.05) is 12.2 Å². The van der Waals surface area contributed by atoms with Crippen molar-refractivity contribution in [3.05, 3.63) is 54.2 Å². The first-order valence-electron chi connectivity index (χ1n) is 5.78. The van der Waals surface area contributed by atoms with Crippen LogP contribution in [0.4, 0.5) is 5.82 Å². The maximum absolute atomic E-state index is 12.1. The van der Waals surface area contributed by atoms with Crippen molar-refractivity contribution in [2.45, 2.75) is 17.9 Å². The summed E-state index contributed by atoms with van der Waals surface area (Å²) < 4.78 is 26.6. The molecule has 0 saturated heterocycles. The van der Waals surface area contributed by atoms with Crippen LogP contribution >= 0.6 is 0 Å². The van der Waals surface area contributed by atoms with Crippen molar-refractivity contribution in [1.82, 2.24) is 4.98 Å². The van der Waals surface area contributed by atoms with Gasteiger partial charge in [-0.1, -0.05) is 18.2 Å². The minimum atomic E-state index is -3.61. The lowest BCUT2D eigenvalue weighted by Crippen LogP contribution is -2.14. The molecule has 0 fully saturated rings. The van der Waals surface area contributed by atoms with Crippen LogP contribution in [-0.2, 0) is 10.0 Å². The summed E-state index contributed by atoms with van der Waals surface area (Å²) in [6.45, 7) is 1.84. The van der Waals surface area contributed by atoms with E-state index in [4.69, 9.17) is 5.73 Å². The van der Waals surface area contributed by atoms with E-state index in [1.165, 1.54) is 18.3 Å². The molecule has 0 aliphatic heterocycles. The van der Waals surface area contributed by atoms with Gasteiger partial charge in [-0.3, -0.25) is 4.72 Å². The highest BCUT2D eigenvalue weighted by atomic mass is 32.2. The van der Waals surface area contributed by atoms with Gasteiger partial charge in [0.2, 0.25) is 0 Å². The summed E-state index contributed by atoms with van der Waals surface area (Å²) in [4.78, 5) is 4.11. The predicted octanol–water partition coefficient (Wildman–Crippen LogP) is 1.90. The molecule has 1 aromatic carbocycles. The van der Waals surface area contributed by atoms with E-state index < -0.39 is 10.0 Å². The van der Waals surface area contributed by atoms with Crippen molar-refractivity contribution >= 4 is 15.8 Å². The molecular formula is C13H15N3O2S. The lowest BCUT2D eigenvalue weighted by atomic mass is 10.1. The van der Waals surface area contributed by atoms with E-state index in [-0.39, 0.29) is 10.9 Å². The van der Waals surface area contributed by atoms with Crippen LogP contribution in [0.2, 0.25) is 0 Å². The topological polar surface area (TPSA) is 85.1 Å². The number of benzene rings is 1. The van der Waals surface area contributed by atoms with Crippen LogP contribution in [0.5, 0.6) is 0 Å². The second-order valence-electron chi connectivity index (χ2n) is 4.18. The number of pyridine rings is 1. The second kappa shape index (κ2) is 5.38. The number of sulfonamides is 1. The molecule has 0 radical (unpaired) electrons. The Hall–Kier alpha value is -1.92. The van der Waals surface area contributed by atoms with Crippen molar-refractivity contribution in [1.29, 1.82) is 0 Å². The highest BCUT2D eigenvalue weighted by Crippen LogP contribution is 2.17. The van der Waals surface area contributed by atoms with Gasteiger partial charge in [0.05, 0.1) is 4.90 Å². The average Bonchev–Trinajstić information content (AvgIpc) is 2.39. The molecule has 6 heteroatoms. The largest absolute Gasteiger partial charge is 0.324 e. The minimum Gasteiger partial charge on any atom is -0.324 e. The molecule has 1 unspecified atom stereocenters. The Bertz CT molecular complexity index is 637. The standard InChI is InChI=1S/C13H15N3O2S/c1-10(14)11-5-7-12(8-6-11)19(17,18)16-13-4-2-3-9-15-13/h2-10H,14H2,1H3,(H,15,16). The molecule has 3 N–H and O–H groups in total. The van der Waals surface area contributed by atoms with Gasteiger partial charge in [0.25, 0.3) is 10.0 Å². The van der Waals surface area contributed by atoms with Crippen LogP contribution in [0.1, 0.15) is 18.5 Å². The first kappa shape index (κ1) is 13.5. The quantitative estimate of drug-likeness (QED) is 0.893. The number of nitrogens with one attached hydrogen (secondary N) is 1. The number of hydrogen-bond acceptors (Lipinski definition) is 4. The molecule has 0 aliphatic rings. The Morgan fingerprint density at radius 2 is 1.84 bits per heavy atom. The highest BCUT2D eigenvalue weighted by molar-refractivity contribution is 7.92. The number of hydrogen-bond donors (Lipinski definition) is 2. The molecule has 1 aromatic heterocycles. The van der Waals surface area contributed by atoms with Gasteiger partial charge >= 0.3 is 0 Å². The number of nitrogens with two attached hydrogens (primary N) is 1. The summed E-state index contributed by atoms with van der Waals surface area (Å²) >= 11 is 0. The summed E-state index contributed by atoms with van der Waals surface area (Å²) in [5.74, 6) is 0.291. The number of rotatable bonds is 4. The molecule has 2 aromatic rings. The molecule has 0 bridgehead atoms. The minimum absolute atomic E-state index is 0.125. The molecule has 2 rings (SSSR count). The van der Waals surface area contributed by atoms with Gasteiger partial charge in [-0.05, 0) is 36.8 Å². The Kier molecular flexibility index (Phi) is 3.82. The van der Waals surface area contributed by atoms with Crippen LogP contribution in [0.25, 0.3) is 0 Å². The summed E-state index contributed by atoms with van der Waals surface area (Å²) in [6.07, 6.45) is 1.52. The van der Waals surface area contributed by atoms with Gasteiger partial charge in [-0.2, -0.15) is 0 Å². The SMILES string of the molecule is CC(N)c1ccc(S(=O)(=O)Nc2ccccn2)cc1. The Morgan fingerprint density at radius 1 is 1.16 bits per heavy atom. The van der Waals surface area contributed by atoms with Crippen molar-refractivity contribution < 1.29 is 8.42 Å². The van der Waals surface area contributed by atoms with E-state index in [9.17, 15) is 8.42 Å². The van der Waals surface area contributed by atoms with E-state index in [1.54, 1.807) is 30.3 Å². The van der Waals surface area contributed by atoms with E-state index in [0.717, 1.165) is 5.56 Å². The normalized spacial score (nSPS) is 12.9. The lowest BCUT2D eigenvalue weighted by molar-refractivity contribution is 0.601. The van der Waals surface area contributed by atoms with Gasteiger partial charge in [-0.25, -0.2) is 13.4 Å². The lowest BCUT2D eigenvalue weighted by Gasteiger charge is -2.09. The number of aromatic nitrogens is 1. The van der Waals surface area contributed by atoms with Crippen LogP contribution in [-0.4, -0.2) is 13.4 Å². The van der Waals surface area contributed by atoms with Crippen molar-refractivity contribution in [3.8, 4) is 0 Å². The molecule has 5 nitrogen and oxygen atoms in total. The Morgan fingerprint density at radius 3 is 2.37 bits per heavy atom. The molecule has 0 spiro atoms. The monoisotopic (exact) mass is 277 g/mol. The van der Waals surface area contributed by atoms with Gasteiger partial charge in [-0.15, -0.1) is 0 Å². The van der Waals surface area contributed by atoms with Crippen molar-refractivity contribution in [2.24, 2.45) is 5.73 Å². The second-order valence-corrected chi connectivity index (χ2v) is 5.86. The third kappa shape index (κ3) is 3.30. The van der Waals surface area contributed by atoms with E-state index in [0.29, 0.717) is 5.82 Å². The molecule has 1 atom stereocenters. The molecule has 1 heterocycles. The fourth-order valence-corrected chi connectivity index (χ4v) is 2.58. The zero-order valence-electron chi connectivity index (χ0n) is 10.4. The first-order valence-corrected chi connectivity index (χ1v) is 7.27. The zero-order valence-corrected chi connectivity index (χ0v) is 11.3. The smallest absolute Gasteiger partial charge is 0.263 e. The third-order valence-corrected chi connectivity index (χ3v) is 3.99. The Labute approximate surface area is 112 Å². The fourth-order valence-electron chi connectivity index (χ4n) is 1.57. The number of nitrogens with zero attached hydrogens (tertiary/aromatic N) is 1. The van der Waals surface area contributed by atoms with Crippen molar-refractivity contribution in [2.75, 3.05) is 4.72 Å². The summed E-state index contributed by atoms with van der Waals surface area (Å²) in [6, 6.07) is 11.4. The predicted molar refractivity (Wildman–Crippen MR) is 74.1 cm³/mol. The van der Waals surface area contributed by atoms with Gasteiger partial charge in [0.1, 0.15) is 5.82 Å². The highest BCUT2D eigenvalue weighted by Gasteiger charge is 2.14. The maximum Gasteiger partial charge on any atom is 0.263 e. The average molecular weight is 277 g/mol. The molecular weight excluding hydrogens is 262 g/mol. The maximum atomic E-state index is 12.1. The van der Waals surface area contributed by atoms with E-state index in [1.807, 2.05) is 6.92 Å². The molecule has 100 valence electrons. The molecule has 0 saturated carbocycles. The summed E-state index contributed by atoms with van der Waals surface area (Å²) in [7, 11) is -3.61. The van der Waals surface area contributed by atoms with Gasteiger partial charge < -0.3 is 5.73 Å². The fraction of sp³-hybridized carbons (Fsp3) is 0.154. The summed E-state index contributed by atoms with van der Waals surface area (Å²) in [5.41, 5.74) is 6.61. The Balaban J connectivity index is 2.25. The zero-order chi connectivity index (χ0) is 13.9. The van der Waals surface area contributed by atoms with Crippen LogP contribution in [0.3, 0.4) is 0 Å². The molecule has 0 amide bonds. The van der Waals surface area contributed by atoms with E-state index >= 15 is 0 Å². The van der Waals surface area contributed by atoms with E-state index in [2.05, 4.69) is 9.71 Å². The van der Waals surface area contributed by atoms with Crippen LogP contribution < -0.4 is 10.5 Å². The summed E-state index contributed by atoms with van der Waals surface area (Å²) in [5, 5.41) is 0. The first-order chi connectivity index (χ1) is 8.99. The third-order valence-electron chi connectivity index (χ3n) is 2.62. The van der Waals surface area contributed by atoms with Crippen LogP contribution in [0.15, 0.2) is 53.6 Å². The number of anilines is 1. The molecule has 19 heavy (non-hydrogen) atoms. The molecule has 0 aliphatic carbocycles. The van der Waals surface area contributed by atoms with Crippen LogP contribution in [0, 0.1) is 0 Å².